The third-order valence-electron chi connectivity index (χ3n) is 2.67. The van der Waals surface area contributed by atoms with Crippen molar-refractivity contribution in [2.75, 3.05) is 7.05 Å². The van der Waals surface area contributed by atoms with Crippen LogP contribution in [0.5, 0.6) is 0 Å². The number of carboxylic acids is 1. The molecule has 1 fully saturated rings. The van der Waals surface area contributed by atoms with E-state index in [1.165, 1.54) is 7.05 Å². The summed E-state index contributed by atoms with van der Waals surface area (Å²) >= 11 is 0. The Hall–Kier alpha value is -0.660. The predicted octanol–water partition coefficient (Wildman–Crippen LogP) is -0.172. The van der Waals surface area contributed by atoms with Gasteiger partial charge in [0.05, 0.1) is 6.42 Å². The number of aliphatic carboxylic acids is 1. The molecule has 0 heterocycles. The molecule has 6 nitrogen and oxygen atoms in total. The Kier molecular flexibility index (Phi) is 3.69. The molecule has 0 bridgehead atoms. The Bertz CT molecular complexity index is 333. The van der Waals surface area contributed by atoms with Gasteiger partial charge in [0.25, 0.3) is 10.2 Å². The highest BCUT2D eigenvalue weighted by Gasteiger charge is 2.39. The van der Waals surface area contributed by atoms with E-state index in [4.69, 9.17) is 5.11 Å². The largest absolute Gasteiger partial charge is 0.481 e. The van der Waals surface area contributed by atoms with Crippen molar-refractivity contribution in [2.24, 2.45) is 0 Å². The van der Waals surface area contributed by atoms with Crippen molar-refractivity contribution < 1.29 is 18.3 Å². The highest BCUT2D eigenvalue weighted by atomic mass is 32.2. The van der Waals surface area contributed by atoms with E-state index in [1.807, 2.05) is 0 Å². The van der Waals surface area contributed by atoms with Gasteiger partial charge >= 0.3 is 5.97 Å². The second-order valence-corrected chi connectivity index (χ2v) is 5.49. The average Bonchev–Trinajstić information content (AvgIpc) is 2.51. The smallest absolute Gasteiger partial charge is 0.305 e. The first kappa shape index (κ1) is 12.4. The lowest BCUT2D eigenvalue weighted by Gasteiger charge is -2.27. The fourth-order valence-electron chi connectivity index (χ4n) is 1.99. The van der Waals surface area contributed by atoms with Crippen LogP contribution >= 0.6 is 0 Å². The van der Waals surface area contributed by atoms with E-state index in [0.29, 0.717) is 12.8 Å². The summed E-state index contributed by atoms with van der Waals surface area (Å²) in [4.78, 5) is 10.7. The fourth-order valence-corrected chi connectivity index (χ4v) is 2.94. The normalized spacial score (nSPS) is 20.3. The van der Waals surface area contributed by atoms with Crippen LogP contribution in [0, 0.1) is 0 Å². The van der Waals surface area contributed by atoms with Crippen molar-refractivity contribution in [3.8, 4) is 0 Å². The number of nitrogens with one attached hydrogen (secondary N) is 2. The quantitative estimate of drug-likeness (QED) is 0.617. The monoisotopic (exact) mass is 236 g/mol. The SMILES string of the molecule is CNS(=O)(=O)NC1(CC(=O)O)CCCC1. The van der Waals surface area contributed by atoms with Gasteiger partial charge in [0, 0.05) is 12.6 Å². The van der Waals surface area contributed by atoms with Crippen LogP contribution in [-0.4, -0.2) is 32.1 Å². The van der Waals surface area contributed by atoms with Crippen LogP contribution in [0.1, 0.15) is 32.1 Å². The van der Waals surface area contributed by atoms with Crippen LogP contribution < -0.4 is 9.44 Å². The van der Waals surface area contributed by atoms with E-state index in [1.54, 1.807) is 0 Å². The molecule has 0 aromatic carbocycles. The predicted molar refractivity (Wildman–Crippen MR) is 54.6 cm³/mol. The topological polar surface area (TPSA) is 95.5 Å². The van der Waals surface area contributed by atoms with Crippen LogP contribution in [0.4, 0.5) is 0 Å². The van der Waals surface area contributed by atoms with Crippen LogP contribution in [0.25, 0.3) is 0 Å². The van der Waals surface area contributed by atoms with E-state index in [-0.39, 0.29) is 6.42 Å². The minimum Gasteiger partial charge on any atom is -0.481 e. The maximum atomic E-state index is 11.3. The van der Waals surface area contributed by atoms with Crippen LogP contribution in [0.3, 0.4) is 0 Å². The second-order valence-electron chi connectivity index (χ2n) is 3.87. The Morgan fingerprint density at radius 1 is 1.40 bits per heavy atom. The van der Waals surface area contributed by atoms with Crippen molar-refractivity contribution in [3.63, 3.8) is 0 Å². The number of carbonyl (C=O) groups is 1. The van der Waals surface area contributed by atoms with Gasteiger partial charge in [0.1, 0.15) is 0 Å². The molecule has 0 atom stereocenters. The lowest BCUT2D eigenvalue weighted by Crippen LogP contribution is -2.51. The van der Waals surface area contributed by atoms with E-state index >= 15 is 0 Å². The van der Waals surface area contributed by atoms with Crippen molar-refractivity contribution in [1.29, 1.82) is 0 Å². The van der Waals surface area contributed by atoms with Gasteiger partial charge in [-0.05, 0) is 12.8 Å². The molecule has 7 heteroatoms. The molecule has 1 rings (SSSR count). The maximum Gasteiger partial charge on any atom is 0.305 e. The van der Waals surface area contributed by atoms with E-state index in [0.717, 1.165) is 12.8 Å². The second kappa shape index (κ2) is 4.46. The molecule has 0 saturated heterocycles. The van der Waals surface area contributed by atoms with Gasteiger partial charge < -0.3 is 5.11 Å². The van der Waals surface area contributed by atoms with Gasteiger partial charge in [-0.25, -0.2) is 4.72 Å². The summed E-state index contributed by atoms with van der Waals surface area (Å²) in [5.74, 6) is -0.976. The first-order chi connectivity index (χ1) is 6.89. The van der Waals surface area contributed by atoms with Crippen molar-refractivity contribution >= 4 is 16.2 Å². The number of hydrogen-bond donors (Lipinski definition) is 3. The molecule has 0 spiro atoms. The van der Waals surface area contributed by atoms with Crippen molar-refractivity contribution in [1.82, 2.24) is 9.44 Å². The maximum absolute atomic E-state index is 11.3. The third kappa shape index (κ3) is 3.44. The number of rotatable bonds is 5. The lowest BCUT2D eigenvalue weighted by molar-refractivity contribution is -0.138. The summed E-state index contributed by atoms with van der Waals surface area (Å²) in [5, 5.41) is 8.75. The van der Waals surface area contributed by atoms with Crippen LogP contribution in [-0.2, 0) is 15.0 Å². The molecule has 0 aromatic heterocycles. The summed E-state index contributed by atoms with van der Waals surface area (Å²) in [7, 11) is -2.27. The molecule has 0 radical (unpaired) electrons. The molecular formula is C8H16N2O4S. The third-order valence-corrected chi connectivity index (χ3v) is 3.91. The first-order valence-electron chi connectivity index (χ1n) is 4.83. The van der Waals surface area contributed by atoms with E-state index in [2.05, 4.69) is 9.44 Å². The zero-order valence-corrected chi connectivity index (χ0v) is 9.43. The van der Waals surface area contributed by atoms with Crippen molar-refractivity contribution in [2.45, 2.75) is 37.6 Å². The van der Waals surface area contributed by atoms with Gasteiger partial charge in [-0.15, -0.1) is 0 Å². The number of carboxylic acid groups (broad SMARTS) is 1. The summed E-state index contributed by atoms with van der Waals surface area (Å²) in [5.41, 5.74) is -0.798. The summed E-state index contributed by atoms with van der Waals surface area (Å²) < 4.78 is 27.2. The minimum absolute atomic E-state index is 0.159. The van der Waals surface area contributed by atoms with Crippen LogP contribution in [0.2, 0.25) is 0 Å². The van der Waals surface area contributed by atoms with Crippen molar-refractivity contribution in [3.05, 3.63) is 0 Å². The molecule has 1 aliphatic rings. The van der Waals surface area contributed by atoms with Crippen LogP contribution in [0.15, 0.2) is 0 Å². The molecular weight excluding hydrogens is 220 g/mol. The molecule has 0 aromatic rings. The van der Waals surface area contributed by atoms with E-state index < -0.39 is 21.7 Å². The molecule has 0 amide bonds. The Balaban J connectivity index is 2.78. The molecule has 0 aliphatic heterocycles. The Morgan fingerprint density at radius 2 is 1.93 bits per heavy atom. The molecule has 3 N–H and O–H groups in total. The lowest BCUT2D eigenvalue weighted by atomic mass is 9.95. The van der Waals surface area contributed by atoms with Gasteiger partial charge in [-0.2, -0.15) is 13.1 Å². The highest BCUT2D eigenvalue weighted by molar-refractivity contribution is 7.87. The molecule has 88 valence electrons. The summed E-state index contributed by atoms with van der Waals surface area (Å²) in [6.07, 6.45) is 2.73. The molecule has 1 aliphatic carbocycles. The van der Waals surface area contributed by atoms with E-state index in [9.17, 15) is 13.2 Å². The fraction of sp³-hybridized carbons (Fsp3) is 0.875. The molecule has 15 heavy (non-hydrogen) atoms. The average molecular weight is 236 g/mol. The molecule has 0 unspecified atom stereocenters. The number of hydrogen-bond acceptors (Lipinski definition) is 3. The van der Waals surface area contributed by atoms with Gasteiger partial charge in [0.2, 0.25) is 0 Å². The zero-order chi connectivity index (χ0) is 11.5. The minimum atomic E-state index is -3.57. The molecule has 1 saturated carbocycles. The first-order valence-corrected chi connectivity index (χ1v) is 6.32. The van der Waals surface area contributed by atoms with Gasteiger partial charge in [0.15, 0.2) is 0 Å². The standard InChI is InChI=1S/C8H16N2O4S/c1-9-15(13,14)10-8(6-7(11)12)4-2-3-5-8/h9-10H,2-6H2,1H3,(H,11,12). The Morgan fingerprint density at radius 3 is 2.33 bits per heavy atom. The zero-order valence-electron chi connectivity index (χ0n) is 8.62. The van der Waals surface area contributed by atoms with Gasteiger partial charge in [-0.3, -0.25) is 4.79 Å². The summed E-state index contributed by atoms with van der Waals surface area (Å²) in [6, 6.07) is 0. The van der Waals surface area contributed by atoms with Gasteiger partial charge in [-0.1, -0.05) is 12.8 Å². The Labute approximate surface area is 89.2 Å². The highest BCUT2D eigenvalue weighted by Crippen LogP contribution is 2.33. The summed E-state index contributed by atoms with van der Waals surface area (Å²) in [6.45, 7) is 0.